The summed E-state index contributed by atoms with van der Waals surface area (Å²) in [6.07, 6.45) is -6.21. The van der Waals surface area contributed by atoms with Gasteiger partial charge >= 0.3 is 18.5 Å². The number of carbonyl (C=O) groups excluding carboxylic acids is 1. The second-order valence-corrected chi connectivity index (χ2v) is 10.9. The predicted molar refractivity (Wildman–Crippen MR) is 142 cm³/mol. The SMILES string of the molecule is C=C(C)C(=O)OCC(C)(CSc1ccc2cc(-c3ccc(CCCCC)cc3OC(F)(F)F)oc2c1)C(F)(F)F. The van der Waals surface area contributed by atoms with Gasteiger partial charge in [-0.2, -0.15) is 13.2 Å². The van der Waals surface area contributed by atoms with Crippen LogP contribution in [0.2, 0.25) is 0 Å². The molecule has 2 aromatic carbocycles. The number of hydrogen-bond donors (Lipinski definition) is 0. The first-order valence-corrected chi connectivity index (χ1v) is 13.6. The van der Waals surface area contributed by atoms with Gasteiger partial charge in [0.1, 0.15) is 29.1 Å². The number of fused-ring (bicyclic) bond motifs is 1. The van der Waals surface area contributed by atoms with Crippen molar-refractivity contribution in [2.75, 3.05) is 12.4 Å². The third kappa shape index (κ3) is 8.22. The molecular weight excluding hydrogens is 558 g/mol. The Hall–Kier alpha value is -3.08. The van der Waals surface area contributed by atoms with Gasteiger partial charge in [0.2, 0.25) is 0 Å². The highest BCUT2D eigenvalue weighted by atomic mass is 32.2. The van der Waals surface area contributed by atoms with E-state index in [4.69, 9.17) is 9.15 Å². The summed E-state index contributed by atoms with van der Waals surface area (Å²) >= 11 is 0.889. The van der Waals surface area contributed by atoms with E-state index < -0.39 is 36.3 Å². The van der Waals surface area contributed by atoms with E-state index in [-0.39, 0.29) is 28.2 Å². The fourth-order valence-corrected chi connectivity index (χ4v) is 4.83. The molecule has 218 valence electrons. The first-order valence-electron chi connectivity index (χ1n) is 12.6. The van der Waals surface area contributed by atoms with Gasteiger partial charge in [-0.25, -0.2) is 4.79 Å². The van der Waals surface area contributed by atoms with Gasteiger partial charge in [-0.3, -0.25) is 0 Å². The molecule has 0 saturated carbocycles. The van der Waals surface area contributed by atoms with Crippen molar-refractivity contribution < 1.29 is 45.0 Å². The fourth-order valence-electron chi connectivity index (χ4n) is 3.74. The number of benzene rings is 2. The first-order chi connectivity index (χ1) is 18.6. The Labute approximate surface area is 232 Å². The Morgan fingerprint density at radius 3 is 2.38 bits per heavy atom. The minimum atomic E-state index is -4.91. The van der Waals surface area contributed by atoms with E-state index in [1.54, 1.807) is 24.3 Å². The van der Waals surface area contributed by atoms with Crippen LogP contribution < -0.4 is 4.74 Å². The van der Waals surface area contributed by atoms with Crippen LogP contribution in [0.3, 0.4) is 0 Å². The smallest absolute Gasteiger partial charge is 0.461 e. The van der Waals surface area contributed by atoms with E-state index in [2.05, 4.69) is 11.3 Å². The molecule has 1 atom stereocenters. The Bertz CT molecular complexity index is 1340. The van der Waals surface area contributed by atoms with Gasteiger partial charge in [0, 0.05) is 21.6 Å². The molecule has 0 saturated heterocycles. The topological polar surface area (TPSA) is 48.7 Å². The van der Waals surface area contributed by atoms with Gasteiger partial charge in [-0.05, 0) is 68.7 Å². The molecule has 4 nitrogen and oxygen atoms in total. The van der Waals surface area contributed by atoms with Crippen molar-refractivity contribution in [1.82, 2.24) is 0 Å². The van der Waals surface area contributed by atoms with Crippen LogP contribution in [0.25, 0.3) is 22.3 Å². The van der Waals surface area contributed by atoms with Gasteiger partial charge in [0.15, 0.2) is 0 Å². The number of hydrogen-bond acceptors (Lipinski definition) is 5. The minimum absolute atomic E-state index is 0.00817. The number of ether oxygens (including phenoxy) is 2. The van der Waals surface area contributed by atoms with E-state index in [9.17, 15) is 31.1 Å². The van der Waals surface area contributed by atoms with Crippen molar-refractivity contribution in [2.24, 2.45) is 5.41 Å². The van der Waals surface area contributed by atoms with Crippen LogP contribution in [0.15, 0.2) is 63.9 Å². The maximum Gasteiger partial charge on any atom is 0.573 e. The molecule has 1 aromatic heterocycles. The van der Waals surface area contributed by atoms with E-state index in [0.29, 0.717) is 22.3 Å². The molecule has 0 radical (unpaired) electrons. The minimum Gasteiger partial charge on any atom is -0.461 e. The van der Waals surface area contributed by atoms with Crippen LogP contribution in [0.4, 0.5) is 26.3 Å². The Balaban J connectivity index is 1.85. The summed E-state index contributed by atoms with van der Waals surface area (Å²) in [6, 6.07) is 10.9. The highest BCUT2D eigenvalue weighted by molar-refractivity contribution is 7.99. The molecule has 0 spiro atoms. The summed E-state index contributed by atoms with van der Waals surface area (Å²) in [5.74, 6) is -1.63. The maximum atomic E-state index is 13.8. The van der Waals surface area contributed by atoms with Crippen LogP contribution in [-0.4, -0.2) is 30.9 Å². The van der Waals surface area contributed by atoms with E-state index in [0.717, 1.165) is 37.9 Å². The number of rotatable bonds is 12. The molecule has 0 amide bonds. The number of halogens is 6. The van der Waals surface area contributed by atoms with Crippen molar-refractivity contribution in [1.29, 1.82) is 0 Å². The maximum absolute atomic E-state index is 13.8. The average molecular weight is 589 g/mol. The summed E-state index contributed by atoms with van der Waals surface area (Å²) in [7, 11) is 0. The lowest BCUT2D eigenvalue weighted by Crippen LogP contribution is -2.42. The molecule has 11 heteroatoms. The fraction of sp³-hybridized carbons (Fsp3) is 0.414. The first kappa shape index (κ1) is 31.4. The number of thioether (sulfide) groups is 1. The van der Waals surface area contributed by atoms with Gasteiger partial charge in [0.05, 0.1) is 5.56 Å². The highest BCUT2D eigenvalue weighted by Gasteiger charge is 2.52. The second kappa shape index (κ2) is 12.6. The average Bonchev–Trinajstić information content (AvgIpc) is 3.27. The number of alkyl halides is 6. The summed E-state index contributed by atoms with van der Waals surface area (Å²) in [4.78, 5) is 12.1. The van der Waals surface area contributed by atoms with Crippen LogP contribution in [-0.2, 0) is 16.0 Å². The molecule has 3 aromatic rings. The number of esters is 1. The zero-order valence-corrected chi connectivity index (χ0v) is 23.1. The van der Waals surface area contributed by atoms with E-state index in [1.807, 2.05) is 6.92 Å². The van der Waals surface area contributed by atoms with Gasteiger partial charge in [-0.15, -0.1) is 24.9 Å². The van der Waals surface area contributed by atoms with Gasteiger partial charge in [-0.1, -0.05) is 32.4 Å². The highest BCUT2D eigenvalue weighted by Crippen LogP contribution is 2.43. The Morgan fingerprint density at radius 1 is 1.02 bits per heavy atom. The molecular formula is C29H30F6O4S. The molecule has 0 bridgehead atoms. The monoisotopic (exact) mass is 588 g/mol. The quantitative estimate of drug-likeness (QED) is 0.0693. The zero-order valence-electron chi connectivity index (χ0n) is 22.3. The predicted octanol–water partition coefficient (Wildman–Crippen LogP) is 9.51. The van der Waals surface area contributed by atoms with Gasteiger partial charge < -0.3 is 13.9 Å². The van der Waals surface area contributed by atoms with Crippen molar-refractivity contribution in [2.45, 2.75) is 63.9 Å². The summed E-state index contributed by atoms with van der Waals surface area (Å²) in [5, 5.41) is 0.554. The molecule has 1 heterocycles. The Kier molecular flexibility index (Phi) is 9.92. The lowest BCUT2D eigenvalue weighted by Gasteiger charge is -2.31. The molecule has 0 aliphatic heterocycles. The lowest BCUT2D eigenvalue weighted by atomic mass is 9.94. The summed E-state index contributed by atoms with van der Waals surface area (Å²) in [6.45, 7) is 6.83. The number of aryl methyl sites for hydroxylation is 1. The van der Waals surface area contributed by atoms with E-state index >= 15 is 0 Å². The number of carbonyl (C=O) groups is 1. The van der Waals surface area contributed by atoms with Crippen LogP contribution in [0.1, 0.15) is 45.6 Å². The Morgan fingerprint density at radius 2 is 1.75 bits per heavy atom. The summed E-state index contributed by atoms with van der Waals surface area (Å²) in [5.41, 5.74) is -1.26. The van der Waals surface area contributed by atoms with Crippen LogP contribution in [0.5, 0.6) is 5.75 Å². The molecule has 1 unspecified atom stereocenters. The van der Waals surface area contributed by atoms with Gasteiger partial charge in [0.25, 0.3) is 0 Å². The normalized spacial score (nSPS) is 13.7. The standard InChI is InChI=1S/C29H30F6O4S/c1-5-6-7-8-19-9-12-22(25(13-19)39-29(33,34)35)24-14-20-10-11-21(15-23(20)38-24)40-17-27(4,28(30,31)32)16-37-26(36)18(2)3/h9-15H,2,5-8,16-17H2,1,3-4H3. The molecule has 0 N–H and O–H groups in total. The van der Waals surface area contributed by atoms with Crippen LogP contribution >= 0.6 is 11.8 Å². The number of furan rings is 1. The van der Waals surface area contributed by atoms with E-state index in [1.165, 1.54) is 25.1 Å². The number of unbranched alkanes of at least 4 members (excludes halogenated alkanes) is 2. The zero-order chi connectivity index (χ0) is 29.7. The lowest BCUT2D eigenvalue weighted by molar-refractivity contribution is -0.274. The largest absolute Gasteiger partial charge is 0.573 e. The second-order valence-electron chi connectivity index (χ2n) is 9.85. The van der Waals surface area contributed by atoms with Crippen molar-refractivity contribution in [3.05, 3.63) is 60.2 Å². The molecule has 0 aliphatic carbocycles. The van der Waals surface area contributed by atoms with Crippen molar-refractivity contribution >= 4 is 28.7 Å². The molecule has 0 aliphatic rings. The third-order valence-corrected chi connectivity index (χ3v) is 7.58. The van der Waals surface area contributed by atoms with Crippen molar-refractivity contribution in [3.63, 3.8) is 0 Å². The molecule has 40 heavy (non-hydrogen) atoms. The molecule has 0 fully saturated rings. The molecule has 3 rings (SSSR count). The van der Waals surface area contributed by atoms with Crippen molar-refractivity contribution in [3.8, 4) is 17.1 Å². The third-order valence-electron chi connectivity index (χ3n) is 6.21. The van der Waals surface area contributed by atoms with Crippen LogP contribution in [0, 0.1) is 5.41 Å². The summed E-state index contributed by atoms with van der Waals surface area (Å²) < 4.78 is 96.0.